The van der Waals surface area contributed by atoms with Gasteiger partial charge in [-0.05, 0) is 31.1 Å². The summed E-state index contributed by atoms with van der Waals surface area (Å²) in [7, 11) is 0. The Bertz CT molecular complexity index is 109. The SMILES string of the molecule is N[C@@H]1C[C@@H]2CCC[C@H]1C2. The van der Waals surface area contributed by atoms with E-state index >= 15 is 0 Å². The molecule has 0 radical (unpaired) electrons. The van der Waals surface area contributed by atoms with Crippen LogP contribution >= 0.6 is 0 Å². The van der Waals surface area contributed by atoms with Crippen LogP contribution in [0.1, 0.15) is 32.1 Å². The first kappa shape index (κ1) is 5.72. The van der Waals surface area contributed by atoms with Crippen LogP contribution in [-0.2, 0) is 0 Å². The normalized spacial score (nSPS) is 49.7. The first-order valence-corrected chi connectivity index (χ1v) is 4.12. The van der Waals surface area contributed by atoms with Crippen molar-refractivity contribution in [2.75, 3.05) is 0 Å². The summed E-state index contributed by atoms with van der Waals surface area (Å²) in [5.74, 6) is 1.92. The molecule has 0 spiro atoms. The minimum absolute atomic E-state index is 0.567. The lowest BCUT2D eigenvalue weighted by Gasteiger charge is -2.18. The molecule has 2 rings (SSSR count). The maximum atomic E-state index is 5.92. The van der Waals surface area contributed by atoms with E-state index in [0.717, 1.165) is 11.8 Å². The van der Waals surface area contributed by atoms with E-state index in [9.17, 15) is 0 Å². The highest BCUT2D eigenvalue weighted by Crippen LogP contribution is 2.40. The van der Waals surface area contributed by atoms with Crippen LogP contribution in [0.3, 0.4) is 0 Å². The minimum atomic E-state index is 0.567. The van der Waals surface area contributed by atoms with Crippen molar-refractivity contribution >= 4 is 0 Å². The van der Waals surface area contributed by atoms with Crippen molar-refractivity contribution in [1.29, 1.82) is 0 Å². The molecule has 52 valence electrons. The van der Waals surface area contributed by atoms with Gasteiger partial charge in [0.25, 0.3) is 0 Å². The van der Waals surface area contributed by atoms with E-state index in [-0.39, 0.29) is 0 Å². The maximum Gasteiger partial charge on any atom is 0.00699 e. The van der Waals surface area contributed by atoms with E-state index in [4.69, 9.17) is 5.73 Å². The van der Waals surface area contributed by atoms with E-state index < -0.39 is 0 Å². The van der Waals surface area contributed by atoms with Gasteiger partial charge in [0.2, 0.25) is 0 Å². The van der Waals surface area contributed by atoms with E-state index in [0.29, 0.717) is 6.04 Å². The number of hydrogen-bond acceptors (Lipinski definition) is 1. The fraction of sp³-hybridized carbons (Fsp3) is 1.00. The summed E-state index contributed by atoms with van der Waals surface area (Å²) in [6.45, 7) is 0. The molecule has 0 amide bonds. The molecule has 3 atom stereocenters. The lowest BCUT2D eigenvalue weighted by Crippen LogP contribution is -2.23. The summed E-state index contributed by atoms with van der Waals surface area (Å²) < 4.78 is 0. The second-order valence-corrected chi connectivity index (χ2v) is 3.69. The largest absolute Gasteiger partial charge is 0.327 e. The van der Waals surface area contributed by atoms with Crippen LogP contribution < -0.4 is 5.73 Å². The van der Waals surface area contributed by atoms with Crippen LogP contribution in [0.15, 0.2) is 0 Å². The average molecular weight is 125 g/mol. The zero-order chi connectivity index (χ0) is 6.27. The zero-order valence-corrected chi connectivity index (χ0v) is 5.84. The molecule has 0 aromatic carbocycles. The van der Waals surface area contributed by atoms with Crippen LogP contribution in [0.2, 0.25) is 0 Å². The van der Waals surface area contributed by atoms with Crippen molar-refractivity contribution in [3.8, 4) is 0 Å². The maximum absolute atomic E-state index is 5.92. The highest BCUT2D eigenvalue weighted by molar-refractivity contribution is 4.89. The predicted molar refractivity (Wildman–Crippen MR) is 38.0 cm³/mol. The van der Waals surface area contributed by atoms with Crippen molar-refractivity contribution in [3.05, 3.63) is 0 Å². The predicted octanol–water partition coefficient (Wildman–Crippen LogP) is 1.52. The molecule has 2 bridgehead atoms. The number of rotatable bonds is 0. The molecule has 1 nitrogen and oxygen atoms in total. The molecule has 9 heavy (non-hydrogen) atoms. The Balaban J connectivity index is 2.07. The first-order valence-electron chi connectivity index (χ1n) is 4.12. The third-order valence-electron chi connectivity index (χ3n) is 3.03. The van der Waals surface area contributed by atoms with Gasteiger partial charge in [-0.2, -0.15) is 0 Å². The van der Waals surface area contributed by atoms with Gasteiger partial charge in [0.15, 0.2) is 0 Å². The summed E-state index contributed by atoms with van der Waals surface area (Å²) >= 11 is 0. The summed E-state index contributed by atoms with van der Waals surface area (Å²) in [5.41, 5.74) is 5.92. The number of fused-ring (bicyclic) bond motifs is 2. The Morgan fingerprint density at radius 1 is 1.11 bits per heavy atom. The Morgan fingerprint density at radius 3 is 2.67 bits per heavy atom. The lowest BCUT2D eigenvalue weighted by atomic mass is 9.89. The molecule has 0 aromatic heterocycles. The van der Waals surface area contributed by atoms with Gasteiger partial charge >= 0.3 is 0 Å². The number of nitrogens with two attached hydrogens (primary N) is 1. The molecule has 0 aromatic rings. The van der Waals surface area contributed by atoms with Crippen molar-refractivity contribution in [3.63, 3.8) is 0 Å². The molecule has 2 aliphatic carbocycles. The topological polar surface area (TPSA) is 26.0 Å². The molecule has 2 N–H and O–H groups in total. The van der Waals surface area contributed by atoms with Gasteiger partial charge < -0.3 is 5.73 Å². The van der Waals surface area contributed by atoms with Gasteiger partial charge in [-0.1, -0.05) is 12.8 Å². The van der Waals surface area contributed by atoms with E-state index in [1.807, 2.05) is 0 Å². The quantitative estimate of drug-likeness (QED) is 0.522. The lowest BCUT2D eigenvalue weighted by molar-refractivity contribution is 0.350. The highest BCUT2D eigenvalue weighted by Gasteiger charge is 2.34. The highest BCUT2D eigenvalue weighted by atomic mass is 14.7. The summed E-state index contributed by atoms with van der Waals surface area (Å²) in [5, 5.41) is 0. The second-order valence-electron chi connectivity index (χ2n) is 3.69. The van der Waals surface area contributed by atoms with Crippen molar-refractivity contribution in [1.82, 2.24) is 0 Å². The third kappa shape index (κ3) is 0.877. The molecular formula is C8H15N. The van der Waals surface area contributed by atoms with E-state index in [2.05, 4.69) is 0 Å². The monoisotopic (exact) mass is 125 g/mol. The van der Waals surface area contributed by atoms with Gasteiger partial charge in [0.05, 0.1) is 0 Å². The van der Waals surface area contributed by atoms with Crippen LogP contribution in [-0.4, -0.2) is 6.04 Å². The summed E-state index contributed by atoms with van der Waals surface area (Å²) in [6, 6.07) is 0.567. The summed E-state index contributed by atoms with van der Waals surface area (Å²) in [4.78, 5) is 0. The van der Waals surface area contributed by atoms with Crippen LogP contribution in [0.25, 0.3) is 0 Å². The van der Waals surface area contributed by atoms with Gasteiger partial charge in [-0.3, -0.25) is 0 Å². The fourth-order valence-electron chi connectivity index (χ4n) is 2.51. The Hall–Kier alpha value is -0.0400. The fourth-order valence-corrected chi connectivity index (χ4v) is 2.51. The Morgan fingerprint density at radius 2 is 2.00 bits per heavy atom. The smallest absolute Gasteiger partial charge is 0.00699 e. The molecular weight excluding hydrogens is 110 g/mol. The van der Waals surface area contributed by atoms with E-state index in [1.54, 1.807) is 0 Å². The molecule has 2 saturated carbocycles. The Labute approximate surface area is 56.6 Å². The van der Waals surface area contributed by atoms with Crippen molar-refractivity contribution in [2.45, 2.75) is 38.1 Å². The third-order valence-corrected chi connectivity index (χ3v) is 3.03. The number of hydrogen-bond donors (Lipinski definition) is 1. The standard InChI is InChI=1S/C8H15N/c9-8-5-6-2-1-3-7(8)4-6/h6-8H,1-5,9H2/t6-,7+,8-/m1/s1. The van der Waals surface area contributed by atoms with Gasteiger partial charge in [-0.25, -0.2) is 0 Å². The van der Waals surface area contributed by atoms with Crippen molar-refractivity contribution in [2.24, 2.45) is 17.6 Å². The van der Waals surface area contributed by atoms with Crippen LogP contribution in [0, 0.1) is 11.8 Å². The molecule has 0 unspecified atom stereocenters. The van der Waals surface area contributed by atoms with Crippen LogP contribution in [0.5, 0.6) is 0 Å². The van der Waals surface area contributed by atoms with Crippen molar-refractivity contribution < 1.29 is 0 Å². The average Bonchev–Trinajstić information content (AvgIpc) is 2.09. The van der Waals surface area contributed by atoms with Crippen LogP contribution in [0.4, 0.5) is 0 Å². The first-order chi connectivity index (χ1) is 4.36. The zero-order valence-electron chi connectivity index (χ0n) is 5.84. The minimum Gasteiger partial charge on any atom is -0.327 e. The molecule has 0 saturated heterocycles. The molecule has 1 heteroatoms. The van der Waals surface area contributed by atoms with Gasteiger partial charge in [0.1, 0.15) is 0 Å². The molecule has 0 heterocycles. The molecule has 0 aliphatic heterocycles. The molecule has 2 aliphatic rings. The molecule has 2 fully saturated rings. The van der Waals surface area contributed by atoms with E-state index in [1.165, 1.54) is 32.1 Å². The summed E-state index contributed by atoms with van der Waals surface area (Å²) in [6.07, 6.45) is 7.09. The Kier molecular flexibility index (Phi) is 1.26. The second kappa shape index (κ2) is 1.98. The van der Waals surface area contributed by atoms with Gasteiger partial charge in [-0.15, -0.1) is 0 Å². The van der Waals surface area contributed by atoms with Gasteiger partial charge in [0, 0.05) is 6.04 Å².